The first-order chi connectivity index (χ1) is 11.4. The van der Waals surface area contributed by atoms with Gasteiger partial charge in [-0.2, -0.15) is 0 Å². The molecule has 2 atom stereocenters. The van der Waals surface area contributed by atoms with Gasteiger partial charge in [-0.1, -0.05) is 6.07 Å². The molecular weight excluding hydrogens is 308 g/mol. The minimum absolute atomic E-state index is 0.0157. The van der Waals surface area contributed by atoms with E-state index in [9.17, 15) is 15.3 Å². The summed E-state index contributed by atoms with van der Waals surface area (Å²) in [7, 11) is 0. The lowest BCUT2D eigenvalue weighted by Crippen LogP contribution is -2.28. The number of benzene rings is 2. The lowest BCUT2D eigenvalue weighted by molar-refractivity contribution is 0.155. The predicted molar refractivity (Wildman–Crippen MR) is 88.2 cm³/mol. The van der Waals surface area contributed by atoms with Crippen molar-refractivity contribution in [1.82, 2.24) is 0 Å². The summed E-state index contributed by atoms with van der Waals surface area (Å²) in [5, 5.41) is 29.9. The van der Waals surface area contributed by atoms with Gasteiger partial charge in [0.25, 0.3) is 0 Å². The monoisotopic (exact) mass is 328 g/mol. The molecule has 0 bridgehead atoms. The summed E-state index contributed by atoms with van der Waals surface area (Å²) in [4.78, 5) is 0. The average Bonchev–Trinajstić information content (AvgIpc) is 2.86. The van der Waals surface area contributed by atoms with Crippen LogP contribution in [0, 0.1) is 0 Å². The molecule has 5 nitrogen and oxygen atoms in total. The van der Waals surface area contributed by atoms with E-state index >= 15 is 0 Å². The zero-order valence-corrected chi connectivity index (χ0v) is 13.6. The first kappa shape index (κ1) is 15.0. The Morgan fingerprint density at radius 2 is 1.83 bits per heavy atom. The summed E-state index contributed by atoms with van der Waals surface area (Å²) in [6.07, 6.45) is 1.25. The van der Waals surface area contributed by atoms with Gasteiger partial charge in [0, 0.05) is 12.3 Å². The normalized spacial score (nSPS) is 21.0. The maximum absolute atomic E-state index is 10.3. The molecule has 5 heteroatoms. The SMILES string of the molecule is CC(C)Oc1cc2c(cc1O)C1Cc3ccc(O)c(O)c3OC1C2. The number of hydrogen-bond acceptors (Lipinski definition) is 5. The second kappa shape index (κ2) is 5.23. The Morgan fingerprint density at radius 3 is 2.58 bits per heavy atom. The maximum atomic E-state index is 10.3. The van der Waals surface area contributed by atoms with E-state index in [2.05, 4.69) is 0 Å². The van der Waals surface area contributed by atoms with Crippen LogP contribution in [0.2, 0.25) is 0 Å². The van der Waals surface area contributed by atoms with E-state index in [0.29, 0.717) is 24.3 Å². The third kappa shape index (κ3) is 2.23. The van der Waals surface area contributed by atoms with Crippen molar-refractivity contribution in [3.63, 3.8) is 0 Å². The highest BCUT2D eigenvalue weighted by Gasteiger charge is 2.40. The Morgan fingerprint density at radius 1 is 1.04 bits per heavy atom. The van der Waals surface area contributed by atoms with Gasteiger partial charge in [-0.25, -0.2) is 0 Å². The van der Waals surface area contributed by atoms with Gasteiger partial charge >= 0.3 is 0 Å². The highest BCUT2D eigenvalue weighted by molar-refractivity contribution is 5.58. The van der Waals surface area contributed by atoms with Crippen molar-refractivity contribution in [3.8, 4) is 28.7 Å². The molecule has 0 saturated carbocycles. The van der Waals surface area contributed by atoms with Crippen LogP contribution in [0.5, 0.6) is 28.7 Å². The Bertz CT molecular complexity index is 812. The molecule has 126 valence electrons. The van der Waals surface area contributed by atoms with Gasteiger partial charge in [0.1, 0.15) is 6.10 Å². The Labute approximate surface area is 140 Å². The molecule has 1 aliphatic heterocycles. The summed E-state index contributed by atoms with van der Waals surface area (Å²) in [6, 6.07) is 6.90. The fourth-order valence-corrected chi connectivity index (χ4v) is 3.70. The van der Waals surface area contributed by atoms with Crippen molar-refractivity contribution < 1.29 is 24.8 Å². The number of hydrogen-bond donors (Lipinski definition) is 3. The minimum atomic E-state index is -0.200. The molecule has 0 radical (unpaired) electrons. The molecule has 0 fully saturated rings. The molecule has 1 heterocycles. The smallest absolute Gasteiger partial charge is 0.200 e. The van der Waals surface area contributed by atoms with Crippen LogP contribution in [-0.2, 0) is 12.8 Å². The highest BCUT2D eigenvalue weighted by Crippen LogP contribution is 2.50. The molecule has 0 saturated heterocycles. The standard InChI is InChI=1S/C19H20O5/c1-9(2)23-17-7-11-6-16-13(12(11)8-15(17)21)5-10-3-4-14(20)18(22)19(10)24-16/h3-4,7-9,13,16,20-22H,5-6H2,1-2H3. The third-order valence-electron chi connectivity index (χ3n) is 4.75. The third-order valence-corrected chi connectivity index (χ3v) is 4.75. The lowest BCUT2D eigenvalue weighted by Gasteiger charge is -2.29. The molecule has 24 heavy (non-hydrogen) atoms. The fraction of sp³-hybridized carbons (Fsp3) is 0.368. The summed E-state index contributed by atoms with van der Waals surface area (Å²) in [5.41, 5.74) is 3.02. The van der Waals surface area contributed by atoms with E-state index in [1.54, 1.807) is 12.1 Å². The molecule has 2 unspecified atom stereocenters. The molecular formula is C19H20O5. The summed E-state index contributed by atoms with van der Waals surface area (Å²) in [5.74, 6) is 0.742. The fourth-order valence-electron chi connectivity index (χ4n) is 3.70. The number of aromatic hydroxyl groups is 3. The van der Waals surface area contributed by atoms with Gasteiger partial charge < -0.3 is 24.8 Å². The van der Waals surface area contributed by atoms with Gasteiger partial charge in [0.15, 0.2) is 23.0 Å². The second-order valence-corrected chi connectivity index (χ2v) is 6.78. The molecule has 0 spiro atoms. The van der Waals surface area contributed by atoms with Crippen LogP contribution in [-0.4, -0.2) is 27.5 Å². The number of ether oxygens (including phenoxy) is 2. The van der Waals surface area contributed by atoms with Gasteiger partial charge in [-0.05, 0) is 55.2 Å². The Kier molecular flexibility index (Phi) is 3.27. The summed E-state index contributed by atoms with van der Waals surface area (Å²) >= 11 is 0. The van der Waals surface area contributed by atoms with E-state index < -0.39 is 0 Å². The van der Waals surface area contributed by atoms with Crippen molar-refractivity contribution in [1.29, 1.82) is 0 Å². The van der Waals surface area contributed by atoms with Crippen LogP contribution >= 0.6 is 0 Å². The maximum Gasteiger partial charge on any atom is 0.200 e. The molecule has 2 aromatic rings. The second-order valence-electron chi connectivity index (χ2n) is 6.78. The van der Waals surface area contributed by atoms with Crippen LogP contribution in [0.15, 0.2) is 24.3 Å². The Balaban J connectivity index is 1.71. The first-order valence-corrected chi connectivity index (χ1v) is 8.17. The molecule has 2 aliphatic rings. The zero-order valence-electron chi connectivity index (χ0n) is 13.6. The number of phenolic OH excluding ortho intramolecular Hbond substituents is 3. The van der Waals surface area contributed by atoms with Crippen molar-refractivity contribution >= 4 is 0 Å². The summed E-state index contributed by atoms with van der Waals surface area (Å²) in [6.45, 7) is 3.84. The Hall–Kier alpha value is -2.56. The summed E-state index contributed by atoms with van der Waals surface area (Å²) < 4.78 is 11.6. The van der Waals surface area contributed by atoms with Crippen LogP contribution in [0.25, 0.3) is 0 Å². The zero-order chi connectivity index (χ0) is 17.0. The molecule has 4 rings (SSSR count). The van der Waals surface area contributed by atoms with Crippen LogP contribution < -0.4 is 9.47 Å². The minimum Gasteiger partial charge on any atom is -0.504 e. The van der Waals surface area contributed by atoms with Gasteiger partial charge in [0.2, 0.25) is 5.75 Å². The quantitative estimate of drug-likeness (QED) is 0.738. The number of rotatable bonds is 2. The van der Waals surface area contributed by atoms with Gasteiger partial charge in [-0.15, -0.1) is 0 Å². The predicted octanol–water partition coefficient (Wildman–Crippen LogP) is 3.23. The largest absolute Gasteiger partial charge is 0.504 e. The lowest BCUT2D eigenvalue weighted by atomic mass is 9.89. The van der Waals surface area contributed by atoms with Gasteiger partial charge in [0.05, 0.1) is 6.10 Å². The van der Waals surface area contributed by atoms with Crippen LogP contribution in [0.3, 0.4) is 0 Å². The van der Waals surface area contributed by atoms with Crippen molar-refractivity contribution in [2.45, 2.75) is 44.8 Å². The molecule has 1 aliphatic carbocycles. The van der Waals surface area contributed by atoms with Crippen LogP contribution in [0.4, 0.5) is 0 Å². The van der Waals surface area contributed by atoms with Crippen molar-refractivity contribution in [2.75, 3.05) is 0 Å². The number of fused-ring (bicyclic) bond motifs is 4. The van der Waals surface area contributed by atoms with Crippen molar-refractivity contribution in [2.24, 2.45) is 0 Å². The van der Waals surface area contributed by atoms with Crippen molar-refractivity contribution in [3.05, 3.63) is 41.0 Å². The van der Waals surface area contributed by atoms with E-state index in [4.69, 9.17) is 9.47 Å². The van der Waals surface area contributed by atoms with E-state index in [1.165, 1.54) is 6.07 Å². The van der Waals surface area contributed by atoms with E-state index in [-0.39, 0.29) is 35.4 Å². The van der Waals surface area contributed by atoms with E-state index in [1.807, 2.05) is 19.9 Å². The molecule has 3 N–H and O–H groups in total. The number of phenols is 3. The molecule has 2 aromatic carbocycles. The first-order valence-electron chi connectivity index (χ1n) is 8.17. The molecule has 0 aromatic heterocycles. The average molecular weight is 328 g/mol. The van der Waals surface area contributed by atoms with E-state index in [0.717, 1.165) is 16.7 Å². The highest BCUT2D eigenvalue weighted by atomic mass is 16.5. The van der Waals surface area contributed by atoms with Gasteiger partial charge in [-0.3, -0.25) is 0 Å². The topological polar surface area (TPSA) is 79.2 Å². The molecule has 0 amide bonds. The van der Waals surface area contributed by atoms with Crippen LogP contribution in [0.1, 0.15) is 36.5 Å².